The Morgan fingerprint density at radius 2 is 2.36 bits per heavy atom. The van der Waals surface area contributed by atoms with Crippen molar-refractivity contribution in [1.29, 1.82) is 0 Å². The highest BCUT2D eigenvalue weighted by Crippen LogP contribution is 2.14. The molecule has 14 heavy (non-hydrogen) atoms. The van der Waals surface area contributed by atoms with Crippen LogP contribution >= 0.6 is 0 Å². The molecule has 0 aromatic carbocycles. The molecule has 2 rings (SSSR count). The summed E-state index contributed by atoms with van der Waals surface area (Å²) in [6, 6.07) is 3.93. The molecule has 1 aromatic rings. The average molecular weight is 190 g/mol. The standard InChI is InChI=1S/C11H14N2O/c1-2-14-11-6-5-9(8-13-11)10-4-3-7-12-10/h5-6,8H,2-4,7H2,1H3. The minimum Gasteiger partial charge on any atom is -0.478 e. The van der Waals surface area contributed by atoms with Crippen molar-refractivity contribution in [3.05, 3.63) is 23.9 Å². The smallest absolute Gasteiger partial charge is 0.213 e. The third-order valence-corrected chi connectivity index (χ3v) is 2.24. The molecule has 1 aromatic heterocycles. The second-order valence-electron chi connectivity index (χ2n) is 3.25. The van der Waals surface area contributed by atoms with Gasteiger partial charge in [-0.05, 0) is 25.8 Å². The number of aliphatic imine (C=N–C) groups is 1. The first-order chi connectivity index (χ1) is 6.90. The molecule has 1 aliphatic heterocycles. The highest BCUT2D eigenvalue weighted by Gasteiger charge is 2.08. The highest BCUT2D eigenvalue weighted by atomic mass is 16.5. The molecule has 0 saturated heterocycles. The summed E-state index contributed by atoms with van der Waals surface area (Å²) in [5.41, 5.74) is 2.31. The summed E-state index contributed by atoms with van der Waals surface area (Å²) < 4.78 is 5.27. The number of aromatic nitrogens is 1. The lowest BCUT2D eigenvalue weighted by Crippen LogP contribution is -1.99. The van der Waals surface area contributed by atoms with Crippen LogP contribution in [-0.2, 0) is 0 Å². The molecular formula is C11H14N2O. The van der Waals surface area contributed by atoms with Gasteiger partial charge < -0.3 is 4.74 Å². The van der Waals surface area contributed by atoms with E-state index in [0.29, 0.717) is 12.5 Å². The maximum Gasteiger partial charge on any atom is 0.213 e. The molecule has 2 heterocycles. The Morgan fingerprint density at radius 3 is 2.93 bits per heavy atom. The summed E-state index contributed by atoms with van der Waals surface area (Å²) in [6.45, 7) is 3.58. The zero-order valence-electron chi connectivity index (χ0n) is 8.36. The molecule has 0 fully saturated rings. The quantitative estimate of drug-likeness (QED) is 0.731. The molecule has 0 unspecified atom stereocenters. The molecule has 0 N–H and O–H groups in total. The number of rotatable bonds is 3. The lowest BCUT2D eigenvalue weighted by molar-refractivity contribution is 0.327. The fourth-order valence-corrected chi connectivity index (χ4v) is 1.56. The van der Waals surface area contributed by atoms with Gasteiger partial charge in [0.1, 0.15) is 0 Å². The highest BCUT2D eigenvalue weighted by molar-refractivity contribution is 6.01. The zero-order valence-corrected chi connectivity index (χ0v) is 8.36. The molecule has 3 nitrogen and oxygen atoms in total. The van der Waals surface area contributed by atoms with Gasteiger partial charge in [0.05, 0.1) is 6.61 Å². The molecule has 0 atom stereocenters. The van der Waals surface area contributed by atoms with Crippen LogP contribution in [0.25, 0.3) is 0 Å². The van der Waals surface area contributed by atoms with E-state index in [1.165, 1.54) is 12.1 Å². The summed E-state index contributed by atoms with van der Waals surface area (Å²) in [6.07, 6.45) is 4.09. The van der Waals surface area contributed by atoms with Crippen molar-refractivity contribution in [1.82, 2.24) is 4.98 Å². The van der Waals surface area contributed by atoms with E-state index in [1.54, 1.807) is 0 Å². The van der Waals surface area contributed by atoms with E-state index >= 15 is 0 Å². The SMILES string of the molecule is CCOc1ccc(C2=NCCC2)cn1. The molecule has 0 amide bonds. The second-order valence-corrected chi connectivity index (χ2v) is 3.25. The largest absolute Gasteiger partial charge is 0.478 e. The van der Waals surface area contributed by atoms with Crippen LogP contribution in [0.5, 0.6) is 5.88 Å². The third-order valence-electron chi connectivity index (χ3n) is 2.24. The zero-order chi connectivity index (χ0) is 9.80. The Kier molecular flexibility index (Phi) is 2.77. The van der Waals surface area contributed by atoms with Crippen LogP contribution in [0.3, 0.4) is 0 Å². The fourth-order valence-electron chi connectivity index (χ4n) is 1.56. The van der Waals surface area contributed by atoms with Crippen LogP contribution in [0.15, 0.2) is 23.3 Å². The van der Waals surface area contributed by atoms with Crippen molar-refractivity contribution in [3.8, 4) is 5.88 Å². The Bertz CT molecular complexity index is 330. The molecule has 0 spiro atoms. The van der Waals surface area contributed by atoms with E-state index in [4.69, 9.17) is 4.74 Å². The minimum absolute atomic E-state index is 0.660. The normalized spacial score (nSPS) is 15.4. The maximum absolute atomic E-state index is 5.27. The minimum atomic E-state index is 0.660. The lowest BCUT2D eigenvalue weighted by atomic mass is 10.1. The predicted octanol–water partition coefficient (Wildman–Crippen LogP) is 2.06. The third kappa shape index (κ3) is 1.92. The monoisotopic (exact) mass is 190 g/mol. The molecule has 0 radical (unpaired) electrons. The summed E-state index contributed by atoms with van der Waals surface area (Å²) in [5, 5.41) is 0. The van der Waals surface area contributed by atoms with Gasteiger partial charge in [0.15, 0.2) is 0 Å². The van der Waals surface area contributed by atoms with Gasteiger partial charge in [0.2, 0.25) is 5.88 Å². The van der Waals surface area contributed by atoms with E-state index < -0.39 is 0 Å². The van der Waals surface area contributed by atoms with E-state index in [1.807, 2.05) is 25.3 Å². The molecule has 74 valence electrons. The summed E-state index contributed by atoms with van der Waals surface area (Å²) in [7, 11) is 0. The van der Waals surface area contributed by atoms with Crippen LogP contribution in [0.2, 0.25) is 0 Å². The number of ether oxygens (including phenoxy) is 1. The fraction of sp³-hybridized carbons (Fsp3) is 0.455. The van der Waals surface area contributed by atoms with Gasteiger partial charge in [-0.25, -0.2) is 4.98 Å². The first-order valence-electron chi connectivity index (χ1n) is 5.02. The number of hydrogen-bond acceptors (Lipinski definition) is 3. The summed E-state index contributed by atoms with van der Waals surface area (Å²) >= 11 is 0. The molecule has 1 aliphatic rings. The molecule has 0 aliphatic carbocycles. The Labute approximate surface area is 83.8 Å². The Hall–Kier alpha value is -1.38. The molecule has 3 heteroatoms. The van der Waals surface area contributed by atoms with Crippen LogP contribution in [-0.4, -0.2) is 23.8 Å². The van der Waals surface area contributed by atoms with Crippen molar-refractivity contribution < 1.29 is 4.74 Å². The number of pyridine rings is 1. The van der Waals surface area contributed by atoms with Gasteiger partial charge in [0, 0.05) is 30.1 Å². The van der Waals surface area contributed by atoms with E-state index in [2.05, 4.69) is 9.98 Å². The second kappa shape index (κ2) is 4.22. The van der Waals surface area contributed by atoms with Gasteiger partial charge in [-0.3, -0.25) is 4.99 Å². The van der Waals surface area contributed by atoms with Crippen LogP contribution < -0.4 is 4.74 Å². The van der Waals surface area contributed by atoms with Crippen molar-refractivity contribution in [2.45, 2.75) is 19.8 Å². The van der Waals surface area contributed by atoms with E-state index in [-0.39, 0.29) is 0 Å². The lowest BCUT2D eigenvalue weighted by Gasteiger charge is -2.03. The van der Waals surface area contributed by atoms with Crippen molar-refractivity contribution in [2.75, 3.05) is 13.2 Å². The number of hydrogen-bond donors (Lipinski definition) is 0. The maximum atomic E-state index is 5.27. The van der Waals surface area contributed by atoms with Gasteiger partial charge in [-0.15, -0.1) is 0 Å². The van der Waals surface area contributed by atoms with E-state index in [9.17, 15) is 0 Å². The Morgan fingerprint density at radius 1 is 1.43 bits per heavy atom. The topological polar surface area (TPSA) is 34.5 Å². The van der Waals surface area contributed by atoms with Gasteiger partial charge in [-0.2, -0.15) is 0 Å². The Balaban J connectivity index is 2.13. The van der Waals surface area contributed by atoms with Crippen LogP contribution in [0, 0.1) is 0 Å². The molecule has 0 saturated carbocycles. The van der Waals surface area contributed by atoms with E-state index in [0.717, 1.165) is 18.5 Å². The first-order valence-corrected chi connectivity index (χ1v) is 5.02. The molecular weight excluding hydrogens is 176 g/mol. The van der Waals surface area contributed by atoms with Crippen LogP contribution in [0.1, 0.15) is 25.3 Å². The van der Waals surface area contributed by atoms with Crippen molar-refractivity contribution in [2.24, 2.45) is 4.99 Å². The van der Waals surface area contributed by atoms with Crippen molar-refractivity contribution >= 4 is 5.71 Å². The van der Waals surface area contributed by atoms with Crippen LogP contribution in [0.4, 0.5) is 0 Å². The first kappa shape index (κ1) is 9.19. The summed E-state index contributed by atoms with van der Waals surface area (Å²) in [4.78, 5) is 8.63. The molecule has 0 bridgehead atoms. The van der Waals surface area contributed by atoms with Gasteiger partial charge in [0.25, 0.3) is 0 Å². The van der Waals surface area contributed by atoms with Crippen molar-refractivity contribution in [3.63, 3.8) is 0 Å². The van der Waals surface area contributed by atoms with Gasteiger partial charge >= 0.3 is 0 Å². The van der Waals surface area contributed by atoms with Gasteiger partial charge in [-0.1, -0.05) is 0 Å². The summed E-state index contributed by atoms with van der Waals surface area (Å²) in [5.74, 6) is 0.690. The number of nitrogens with zero attached hydrogens (tertiary/aromatic N) is 2. The predicted molar refractivity (Wildman–Crippen MR) is 56.0 cm³/mol. The average Bonchev–Trinajstić information content (AvgIpc) is 2.72.